The van der Waals surface area contributed by atoms with Crippen LogP contribution in [0.4, 0.5) is 11.4 Å². The lowest BCUT2D eigenvalue weighted by molar-refractivity contribution is -0.118. The second-order valence-electron chi connectivity index (χ2n) is 6.48. The van der Waals surface area contributed by atoms with E-state index < -0.39 is 0 Å². The number of aryl methyl sites for hydroxylation is 4. The van der Waals surface area contributed by atoms with Gasteiger partial charge in [-0.05, 0) is 62.1 Å². The molecule has 0 aliphatic carbocycles. The van der Waals surface area contributed by atoms with E-state index in [2.05, 4.69) is 10.6 Å². The molecule has 0 saturated carbocycles. The number of fused-ring (bicyclic) bond motifs is 1. The van der Waals surface area contributed by atoms with Crippen LogP contribution >= 0.6 is 0 Å². The summed E-state index contributed by atoms with van der Waals surface area (Å²) in [6.07, 6.45) is 1.16. The molecule has 1 aliphatic rings. The van der Waals surface area contributed by atoms with E-state index in [1.54, 1.807) is 6.07 Å². The molecule has 0 aromatic heterocycles. The average Bonchev–Trinajstić information content (AvgIpc) is 2.56. The molecule has 5 heteroatoms. The minimum atomic E-state index is -0.193. The van der Waals surface area contributed by atoms with Crippen molar-refractivity contribution in [2.75, 3.05) is 17.2 Å². The number of nitrogens with one attached hydrogen (secondary N) is 2. The molecule has 5 nitrogen and oxygen atoms in total. The fraction of sp³-hybridized carbons (Fsp3) is 0.300. The Balaban J connectivity index is 1.62. The molecular formula is C20H22N2O3. The Morgan fingerprint density at radius 2 is 1.84 bits per heavy atom. The van der Waals surface area contributed by atoms with Gasteiger partial charge in [-0.1, -0.05) is 17.7 Å². The van der Waals surface area contributed by atoms with Crippen molar-refractivity contribution in [2.24, 2.45) is 0 Å². The lowest BCUT2D eigenvalue weighted by atomic mass is 10.0. The van der Waals surface area contributed by atoms with Gasteiger partial charge in [0.2, 0.25) is 5.91 Å². The molecule has 2 amide bonds. The predicted molar refractivity (Wildman–Crippen MR) is 98.2 cm³/mol. The van der Waals surface area contributed by atoms with Crippen molar-refractivity contribution in [1.82, 2.24) is 0 Å². The standard InChI is InChI=1S/C20H22N2O3/c1-12-8-13(2)20(14(3)9-12)22-19(24)11-25-16-5-6-17-15(10-16)4-7-18(23)21-17/h5-6,8-10H,4,7,11H2,1-3H3,(H,21,23)(H,22,24). The van der Waals surface area contributed by atoms with E-state index in [9.17, 15) is 9.59 Å². The number of hydrogen-bond donors (Lipinski definition) is 2. The molecule has 2 N–H and O–H groups in total. The molecule has 130 valence electrons. The van der Waals surface area contributed by atoms with E-state index in [0.717, 1.165) is 28.1 Å². The van der Waals surface area contributed by atoms with Crippen molar-refractivity contribution in [3.63, 3.8) is 0 Å². The fourth-order valence-electron chi connectivity index (χ4n) is 3.15. The maximum atomic E-state index is 12.2. The van der Waals surface area contributed by atoms with E-state index in [-0.39, 0.29) is 18.4 Å². The summed E-state index contributed by atoms with van der Waals surface area (Å²) in [5.74, 6) is 0.466. The van der Waals surface area contributed by atoms with Crippen LogP contribution in [-0.2, 0) is 16.0 Å². The molecule has 3 rings (SSSR count). The average molecular weight is 338 g/mol. The van der Waals surface area contributed by atoms with Crippen LogP contribution < -0.4 is 15.4 Å². The minimum Gasteiger partial charge on any atom is -0.484 e. The molecule has 2 aromatic carbocycles. The lowest BCUT2D eigenvalue weighted by Crippen LogP contribution is -2.22. The summed E-state index contributed by atoms with van der Waals surface area (Å²) < 4.78 is 5.61. The highest BCUT2D eigenvalue weighted by Crippen LogP contribution is 2.27. The lowest BCUT2D eigenvalue weighted by Gasteiger charge is -2.18. The van der Waals surface area contributed by atoms with Crippen LogP contribution in [0.1, 0.15) is 28.7 Å². The van der Waals surface area contributed by atoms with Crippen LogP contribution in [0.2, 0.25) is 0 Å². The van der Waals surface area contributed by atoms with Crippen molar-refractivity contribution in [3.05, 3.63) is 52.6 Å². The predicted octanol–water partition coefficient (Wildman–Crippen LogP) is 3.51. The first-order valence-corrected chi connectivity index (χ1v) is 8.35. The van der Waals surface area contributed by atoms with Gasteiger partial charge < -0.3 is 15.4 Å². The molecule has 0 bridgehead atoms. The first-order chi connectivity index (χ1) is 11.9. The Bertz CT molecular complexity index is 820. The zero-order chi connectivity index (χ0) is 18.0. The summed E-state index contributed by atoms with van der Waals surface area (Å²) in [4.78, 5) is 23.6. The van der Waals surface area contributed by atoms with E-state index in [4.69, 9.17) is 4.74 Å². The van der Waals surface area contributed by atoms with Crippen molar-refractivity contribution in [3.8, 4) is 5.75 Å². The Morgan fingerprint density at radius 3 is 2.56 bits per heavy atom. The summed E-state index contributed by atoms with van der Waals surface area (Å²) >= 11 is 0. The Labute approximate surface area is 147 Å². The van der Waals surface area contributed by atoms with E-state index in [1.165, 1.54) is 5.56 Å². The molecule has 1 heterocycles. The van der Waals surface area contributed by atoms with Crippen molar-refractivity contribution in [2.45, 2.75) is 33.6 Å². The quantitative estimate of drug-likeness (QED) is 0.896. The first-order valence-electron chi connectivity index (χ1n) is 8.35. The maximum Gasteiger partial charge on any atom is 0.262 e. The van der Waals surface area contributed by atoms with E-state index in [1.807, 2.05) is 45.0 Å². The molecule has 0 atom stereocenters. The summed E-state index contributed by atoms with van der Waals surface area (Å²) in [6.45, 7) is 5.94. The number of carbonyl (C=O) groups excluding carboxylic acids is 2. The second-order valence-corrected chi connectivity index (χ2v) is 6.48. The molecule has 25 heavy (non-hydrogen) atoms. The van der Waals surface area contributed by atoms with Crippen molar-refractivity contribution < 1.29 is 14.3 Å². The fourth-order valence-corrected chi connectivity index (χ4v) is 3.15. The number of rotatable bonds is 4. The Kier molecular flexibility index (Phi) is 4.74. The van der Waals surface area contributed by atoms with E-state index in [0.29, 0.717) is 18.6 Å². The third-order valence-electron chi connectivity index (χ3n) is 4.28. The molecule has 0 fully saturated rings. The molecule has 0 unspecified atom stereocenters. The highest BCUT2D eigenvalue weighted by atomic mass is 16.5. The maximum absolute atomic E-state index is 12.2. The molecular weight excluding hydrogens is 316 g/mol. The molecule has 0 spiro atoms. The third kappa shape index (κ3) is 3.99. The molecule has 0 radical (unpaired) electrons. The number of benzene rings is 2. The van der Waals surface area contributed by atoms with Gasteiger partial charge in [-0.25, -0.2) is 0 Å². The van der Waals surface area contributed by atoms with Crippen LogP contribution in [0, 0.1) is 20.8 Å². The summed E-state index contributed by atoms with van der Waals surface area (Å²) in [5.41, 5.74) is 5.94. The SMILES string of the molecule is Cc1cc(C)c(NC(=O)COc2ccc3c(c2)CCC(=O)N3)c(C)c1. The number of hydrogen-bond acceptors (Lipinski definition) is 3. The largest absolute Gasteiger partial charge is 0.484 e. The van der Waals surface area contributed by atoms with Gasteiger partial charge in [-0.3, -0.25) is 9.59 Å². The second kappa shape index (κ2) is 6.97. The van der Waals surface area contributed by atoms with Gasteiger partial charge in [-0.15, -0.1) is 0 Å². The van der Waals surface area contributed by atoms with Gasteiger partial charge in [0.05, 0.1) is 0 Å². The number of ether oxygens (including phenoxy) is 1. The van der Waals surface area contributed by atoms with Gasteiger partial charge in [-0.2, -0.15) is 0 Å². The van der Waals surface area contributed by atoms with Crippen LogP contribution in [0.25, 0.3) is 0 Å². The van der Waals surface area contributed by atoms with Gasteiger partial charge in [0.1, 0.15) is 5.75 Å². The van der Waals surface area contributed by atoms with Crippen LogP contribution in [0.3, 0.4) is 0 Å². The first kappa shape index (κ1) is 17.0. The zero-order valence-electron chi connectivity index (χ0n) is 14.7. The number of amides is 2. The minimum absolute atomic E-state index is 0.0318. The monoisotopic (exact) mass is 338 g/mol. The van der Waals surface area contributed by atoms with Crippen molar-refractivity contribution in [1.29, 1.82) is 0 Å². The Hall–Kier alpha value is -2.82. The number of carbonyl (C=O) groups is 2. The number of anilines is 2. The van der Waals surface area contributed by atoms with Crippen LogP contribution in [0.5, 0.6) is 5.75 Å². The third-order valence-corrected chi connectivity index (χ3v) is 4.28. The molecule has 2 aromatic rings. The molecule has 0 saturated heterocycles. The summed E-state index contributed by atoms with van der Waals surface area (Å²) in [6, 6.07) is 9.54. The summed E-state index contributed by atoms with van der Waals surface area (Å²) in [7, 11) is 0. The smallest absolute Gasteiger partial charge is 0.262 e. The summed E-state index contributed by atoms with van der Waals surface area (Å²) in [5, 5.41) is 5.75. The zero-order valence-corrected chi connectivity index (χ0v) is 14.7. The van der Waals surface area contributed by atoms with Crippen LogP contribution in [0.15, 0.2) is 30.3 Å². The van der Waals surface area contributed by atoms with Crippen LogP contribution in [-0.4, -0.2) is 18.4 Å². The van der Waals surface area contributed by atoms with Gasteiger partial charge >= 0.3 is 0 Å². The Morgan fingerprint density at radius 1 is 1.12 bits per heavy atom. The van der Waals surface area contributed by atoms with Gasteiger partial charge in [0, 0.05) is 17.8 Å². The normalized spacial score (nSPS) is 13.0. The van der Waals surface area contributed by atoms with Gasteiger partial charge in [0.15, 0.2) is 6.61 Å². The topological polar surface area (TPSA) is 67.4 Å². The van der Waals surface area contributed by atoms with Crippen molar-refractivity contribution >= 4 is 23.2 Å². The highest BCUT2D eigenvalue weighted by Gasteiger charge is 2.15. The molecule has 1 aliphatic heterocycles. The highest BCUT2D eigenvalue weighted by molar-refractivity contribution is 5.94. The van der Waals surface area contributed by atoms with E-state index >= 15 is 0 Å². The van der Waals surface area contributed by atoms with Gasteiger partial charge in [0.25, 0.3) is 5.91 Å².